The van der Waals surface area contributed by atoms with Gasteiger partial charge in [-0.1, -0.05) is 27.5 Å². The van der Waals surface area contributed by atoms with Gasteiger partial charge in [0.1, 0.15) is 6.04 Å². The number of carbonyl (C=O) groups is 2. The Morgan fingerprint density at radius 3 is 2.72 bits per heavy atom. The van der Waals surface area contributed by atoms with Gasteiger partial charge in [0.15, 0.2) is 0 Å². The molecule has 18 heavy (non-hydrogen) atoms. The van der Waals surface area contributed by atoms with Gasteiger partial charge >= 0.3 is 5.97 Å². The van der Waals surface area contributed by atoms with Crippen molar-refractivity contribution >= 4 is 39.4 Å². The first kappa shape index (κ1) is 15.0. The van der Waals surface area contributed by atoms with E-state index in [0.29, 0.717) is 10.6 Å². The van der Waals surface area contributed by atoms with Crippen LogP contribution in [0.3, 0.4) is 0 Å². The van der Waals surface area contributed by atoms with Crippen LogP contribution in [0.25, 0.3) is 0 Å². The van der Waals surface area contributed by atoms with Crippen LogP contribution in [-0.4, -0.2) is 24.5 Å². The lowest BCUT2D eigenvalue weighted by Crippen LogP contribution is -2.39. The van der Waals surface area contributed by atoms with Crippen LogP contribution in [0.4, 0.5) is 0 Å². The smallest absolute Gasteiger partial charge is 0.328 e. The minimum absolute atomic E-state index is 0.276. The molecular formula is C12H13BrClNO3. The van der Waals surface area contributed by atoms with E-state index in [2.05, 4.69) is 21.2 Å². The molecular weight excluding hydrogens is 321 g/mol. The fraction of sp³-hybridized carbons (Fsp3) is 0.333. The van der Waals surface area contributed by atoms with Crippen molar-refractivity contribution in [2.45, 2.75) is 19.9 Å². The van der Waals surface area contributed by atoms with Gasteiger partial charge in [-0.05, 0) is 32.0 Å². The summed E-state index contributed by atoms with van der Waals surface area (Å²) < 4.78 is 5.58. The average molecular weight is 335 g/mol. The van der Waals surface area contributed by atoms with E-state index in [4.69, 9.17) is 16.3 Å². The van der Waals surface area contributed by atoms with Crippen molar-refractivity contribution < 1.29 is 14.3 Å². The summed E-state index contributed by atoms with van der Waals surface area (Å²) in [5.74, 6) is -0.882. The largest absolute Gasteiger partial charge is 0.464 e. The van der Waals surface area contributed by atoms with Crippen molar-refractivity contribution in [1.29, 1.82) is 0 Å². The second-order valence-corrected chi connectivity index (χ2v) is 4.89. The van der Waals surface area contributed by atoms with Gasteiger partial charge in [-0.25, -0.2) is 4.79 Å². The van der Waals surface area contributed by atoms with Gasteiger partial charge in [0, 0.05) is 4.47 Å². The van der Waals surface area contributed by atoms with Crippen LogP contribution in [0.5, 0.6) is 0 Å². The summed E-state index contributed by atoms with van der Waals surface area (Å²) in [5.41, 5.74) is 0.316. The Morgan fingerprint density at radius 1 is 1.50 bits per heavy atom. The molecule has 0 aromatic heterocycles. The molecule has 1 N–H and O–H groups in total. The first-order valence-electron chi connectivity index (χ1n) is 5.38. The van der Waals surface area contributed by atoms with E-state index in [1.807, 2.05) is 0 Å². The molecule has 98 valence electrons. The Morgan fingerprint density at radius 2 is 2.17 bits per heavy atom. The topological polar surface area (TPSA) is 55.4 Å². The molecule has 1 aromatic rings. The van der Waals surface area contributed by atoms with Gasteiger partial charge in [-0.2, -0.15) is 0 Å². The Hall–Kier alpha value is -1.07. The number of carbonyl (C=O) groups excluding carboxylic acids is 2. The Bertz CT molecular complexity index is 465. The highest BCUT2D eigenvalue weighted by atomic mass is 79.9. The molecule has 0 heterocycles. The molecule has 0 aliphatic heterocycles. The number of nitrogens with one attached hydrogen (secondary N) is 1. The van der Waals surface area contributed by atoms with E-state index in [-0.39, 0.29) is 6.61 Å². The summed E-state index contributed by atoms with van der Waals surface area (Å²) in [6.45, 7) is 3.54. The highest BCUT2D eigenvalue weighted by Gasteiger charge is 2.18. The standard InChI is InChI=1S/C12H13BrClNO3/c1-3-18-12(17)7(2)15-11(16)9-5-4-8(13)6-10(9)14/h4-7H,3H2,1-2H3,(H,15,16). The van der Waals surface area contributed by atoms with Crippen LogP contribution in [-0.2, 0) is 9.53 Å². The predicted octanol–water partition coefficient (Wildman–Crippen LogP) is 2.78. The zero-order valence-electron chi connectivity index (χ0n) is 10.00. The highest BCUT2D eigenvalue weighted by molar-refractivity contribution is 9.10. The number of hydrogen-bond acceptors (Lipinski definition) is 3. The Labute approximate surface area is 119 Å². The summed E-state index contributed by atoms with van der Waals surface area (Å²) in [7, 11) is 0. The first-order valence-corrected chi connectivity index (χ1v) is 6.55. The Kier molecular flexibility index (Phi) is 5.62. The minimum Gasteiger partial charge on any atom is -0.464 e. The van der Waals surface area contributed by atoms with E-state index in [1.165, 1.54) is 0 Å². The van der Waals surface area contributed by atoms with E-state index in [1.54, 1.807) is 32.0 Å². The molecule has 0 aliphatic rings. The van der Waals surface area contributed by atoms with Gasteiger partial charge in [-0.15, -0.1) is 0 Å². The molecule has 0 saturated carbocycles. The molecule has 4 nitrogen and oxygen atoms in total. The third-order valence-corrected chi connectivity index (χ3v) is 2.97. The molecule has 6 heteroatoms. The van der Waals surface area contributed by atoms with Crippen molar-refractivity contribution in [2.24, 2.45) is 0 Å². The average Bonchev–Trinajstić information content (AvgIpc) is 2.28. The number of benzene rings is 1. The van der Waals surface area contributed by atoms with Crippen LogP contribution in [0.1, 0.15) is 24.2 Å². The van der Waals surface area contributed by atoms with Crippen molar-refractivity contribution in [3.63, 3.8) is 0 Å². The lowest BCUT2D eigenvalue weighted by atomic mass is 10.2. The van der Waals surface area contributed by atoms with E-state index < -0.39 is 17.9 Å². The molecule has 0 aliphatic carbocycles. The predicted molar refractivity (Wildman–Crippen MR) is 72.7 cm³/mol. The molecule has 0 saturated heterocycles. The lowest BCUT2D eigenvalue weighted by Gasteiger charge is -2.13. The van der Waals surface area contributed by atoms with E-state index in [9.17, 15) is 9.59 Å². The molecule has 1 aromatic carbocycles. The van der Waals surface area contributed by atoms with Crippen LogP contribution in [0, 0.1) is 0 Å². The van der Waals surface area contributed by atoms with Gasteiger partial charge in [0.25, 0.3) is 5.91 Å². The summed E-state index contributed by atoms with van der Waals surface area (Å²) in [6, 6.07) is 4.19. The number of amides is 1. The second kappa shape index (κ2) is 6.75. The third kappa shape index (κ3) is 3.99. The summed E-state index contributed by atoms with van der Waals surface area (Å²) in [5, 5.41) is 2.85. The zero-order chi connectivity index (χ0) is 13.7. The van der Waals surface area contributed by atoms with E-state index in [0.717, 1.165) is 4.47 Å². The van der Waals surface area contributed by atoms with Crippen LogP contribution < -0.4 is 5.32 Å². The summed E-state index contributed by atoms with van der Waals surface area (Å²) in [4.78, 5) is 23.2. The molecule has 1 unspecified atom stereocenters. The van der Waals surface area contributed by atoms with Gasteiger partial charge < -0.3 is 10.1 Å². The maximum Gasteiger partial charge on any atom is 0.328 e. The van der Waals surface area contributed by atoms with Crippen molar-refractivity contribution in [2.75, 3.05) is 6.61 Å². The summed E-state index contributed by atoms with van der Waals surface area (Å²) in [6.07, 6.45) is 0. The maximum absolute atomic E-state index is 11.9. The van der Waals surface area contributed by atoms with Crippen molar-refractivity contribution in [3.05, 3.63) is 33.3 Å². The van der Waals surface area contributed by atoms with Gasteiger partial charge in [-0.3, -0.25) is 4.79 Å². The van der Waals surface area contributed by atoms with Crippen molar-refractivity contribution in [3.8, 4) is 0 Å². The molecule has 0 fully saturated rings. The summed E-state index contributed by atoms with van der Waals surface area (Å²) >= 11 is 9.19. The lowest BCUT2D eigenvalue weighted by molar-refractivity contribution is -0.144. The fourth-order valence-corrected chi connectivity index (χ4v) is 2.03. The number of ether oxygens (including phenoxy) is 1. The maximum atomic E-state index is 11.9. The SMILES string of the molecule is CCOC(=O)C(C)NC(=O)c1ccc(Br)cc1Cl. The molecule has 1 rings (SSSR count). The van der Waals surface area contributed by atoms with E-state index >= 15 is 0 Å². The Balaban J connectivity index is 2.73. The first-order chi connectivity index (χ1) is 8.45. The quantitative estimate of drug-likeness (QED) is 0.862. The molecule has 1 amide bonds. The molecule has 0 bridgehead atoms. The monoisotopic (exact) mass is 333 g/mol. The number of rotatable bonds is 4. The van der Waals surface area contributed by atoms with Crippen molar-refractivity contribution in [1.82, 2.24) is 5.32 Å². The van der Waals surface area contributed by atoms with Gasteiger partial charge in [0.2, 0.25) is 0 Å². The van der Waals surface area contributed by atoms with Crippen LogP contribution >= 0.6 is 27.5 Å². The highest BCUT2D eigenvalue weighted by Crippen LogP contribution is 2.21. The fourth-order valence-electron chi connectivity index (χ4n) is 1.27. The van der Waals surface area contributed by atoms with Crippen LogP contribution in [0.15, 0.2) is 22.7 Å². The molecule has 0 radical (unpaired) electrons. The number of esters is 1. The second-order valence-electron chi connectivity index (χ2n) is 3.57. The van der Waals surface area contributed by atoms with Gasteiger partial charge in [0.05, 0.1) is 17.2 Å². The number of halogens is 2. The number of hydrogen-bond donors (Lipinski definition) is 1. The normalized spacial score (nSPS) is 11.8. The molecule has 1 atom stereocenters. The minimum atomic E-state index is -0.711. The van der Waals surface area contributed by atoms with Crippen LogP contribution in [0.2, 0.25) is 5.02 Å². The third-order valence-electron chi connectivity index (χ3n) is 2.16. The zero-order valence-corrected chi connectivity index (χ0v) is 12.3. The molecule has 0 spiro atoms.